The quantitative estimate of drug-likeness (QED) is 0.287. The van der Waals surface area contributed by atoms with Crippen LogP contribution in [0.15, 0.2) is 47.1 Å². The molecule has 0 bridgehead atoms. The number of hydrogen-bond donors (Lipinski definition) is 0. The second-order valence-corrected chi connectivity index (χ2v) is 10.1. The fourth-order valence-electron chi connectivity index (χ4n) is 5.16. The molecule has 210 valence electrons. The molecule has 2 fully saturated rings. The zero-order valence-electron chi connectivity index (χ0n) is 21.2. The predicted octanol–water partition coefficient (Wildman–Crippen LogP) is 4.68. The molecular formula is C26H25F5N8O. The van der Waals surface area contributed by atoms with Crippen molar-refractivity contribution >= 4 is 5.69 Å². The van der Waals surface area contributed by atoms with Crippen LogP contribution in [0.1, 0.15) is 30.9 Å². The SMILES string of the molecule is Fc1c(-c2cn(Cc3ccc(-c4nnc(C(F)F)o4)cn3)nn2)cccc1N1CCN(CC2CC(F)(F)C2)CC1. The fraction of sp³-hybridized carbons (Fsp3) is 0.423. The molecule has 1 saturated heterocycles. The highest BCUT2D eigenvalue weighted by Gasteiger charge is 2.45. The van der Waals surface area contributed by atoms with Gasteiger partial charge in [0.15, 0.2) is 5.82 Å². The maximum Gasteiger partial charge on any atom is 0.314 e. The molecule has 3 aromatic heterocycles. The molecule has 1 saturated carbocycles. The van der Waals surface area contributed by atoms with Crippen LogP contribution in [-0.4, -0.2) is 73.7 Å². The first-order valence-corrected chi connectivity index (χ1v) is 12.8. The van der Waals surface area contributed by atoms with Crippen LogP contribution in [0.25, 0.3) is 22.7 Å². The van der Waals surface area contributed by atoms with Gasteiger partial charge in [-0.2, -0.15) is 8.78 Å². The maximum absolute atomic E-state index is 15.6. The average Bonchev–Trinajstić information content (AvgIpc) is 3.60. The van der Waals surface area contributed by atoms with Crippen molar-refractivity contribution in [1.82, 2.24) is 35.1 Å². The number of benzene rings is 1. The third-order valence-corrected chi connectivity index (χ3v) is 7.22. The molecule has 0 unspecified atom stereocenters. The lowest BCUT2D eigenvalue weighted by Crippen LogP contribution is -2.50. The molecular weight excluding hydrogens is 535 g/mol. The van der Waals surface area contributed by atoms with E-state index in [1.165, 1.54) is 10.9 Å². The molecule has 0 spiro atoms. The fourth-order valence-corrected chi connectivity index (χ4v) is 5.16. The minimum absolute atomic E-state index is 0.0313. The largest absolute Gasteiger partial charge is 0.415 e. The van der Waals surface area contributed by atoms with Crippen LogP contribution < -0.4 is 4.90 Å². The molecule has 9 nitrogen and oxygen atoms in total. The normalized spacial score (nSPS) is 17.9. The van der Waals surface area contributed by atoms with Gasteiger partial charge in [0.2, 0.25) is 11.8 Å². The van der Waals surface area contributed by atoms with E-state index in [0.29, 0.717) is 60.9 Å². The zero-order valence-corrected chi connectivity index (χ0v) is 21.2. The minimum atomic E-state index is -2.85. The van der Waals surface area contributed by atoms with Crippen LogP contribution >= 0.6 is 0 Å². The Hall–Kier alpha value is -3.94. The van der Waals surface area contributed by atoms with E-state index in [-0.39, 0.29) is 31.2 Å². The van der Waals surface area contributed by atoms with Crippen molar-refractivity contribution in [2.24, 2.45) is 5.92 Å². The van der Waals surface area contributed by atoms with E-state index in [2.05, 4.69) is 30.4 Å². The first-order valence-electron chi connectivity index (χ1n) is 12.8. The molecule has 0 atom stereocenters. The van der Waals surface area contributed by atoms with E-state index in [9.17, 15) is 17.6 Å². The average molecular weight is 561 g/mol. The van der Waals surface area contributed by atoms with E-state index in [4.69, 9.17) is 4.42 Å². The first-order chi connectivity index (χ1) is 19.2. The van der Waals surface area contributed by atoms with Crippen LogP contribution in [0.3, 0.4) is 0 Å². The standard InChI is InChI=1S/C26H25F5N8O/c27-22-19(2-1-3-21(22)38-8-6-37(7-9-38)13-16-10-26(30,31)11-16)20-15-39(36-33-20)14-18-5-4-17(12-32-18)24-34-35-25(40-24)23(28)29/h1-5,12,15-16,23H,6-11,13-14H2. The topological polar surface area (TPSA) is 89.0 Å². The van der Waals surface area contributed by atoms with Crippen molar-refractivity contribution in [3.63, 3.8) is 0 Å². The Morgan fingerprint density at radius 1 is 1.00 bits per heavy atom. The summed E-state index contributed by atoms with van der Waals surface area (Å²) >= 11 is 0. The van der Waals surface area contributed by atoms with E-state index in [1.54, 1.807) is 36.5 Å². The van der Waals surface area contributed by atoms with Gasteiger partial charge in [-0.05, 0) is 30.2 Å². The second-order valence-electron chi connectivity index (χ2n) is 10.1. The summed E-state index contributed by atoms with van der Waals surface area (Å²) < 4.78 is 73.7. The number of aromatic nitrogens is 6. The Morgan fingerprint density at radius 3 is 2.48 bits per heavy atom. The number of piperazine rings is 1. The molecule has 2 aliphatic rings. The van der Waals surface area contributed by atoms with E-state index >= 15 is 4.39 Å². The summed E-state index contributed by atoms with van der Waals surface area (Å²) in [6, 6.07) is 8.43. The third-order valence-electron chi connectivity index (χ3n) is 7.22. The van der Waals surface area contributed by atoms with E-state index < -0.39 is 24.1 Å². The molecule has 0 N–H and O–H groups in total. The maximum atomic E-state index is 15.6. The van der Waals surface area contributed by atoms with Crippen LogP contribution in [0, 0.1) is 11.7 Å². The number of nitrogens with zero attached hydrogens (tertiary/aromatic N) is 8. The first kappa shape index (κ1) is 26.3. The molecule has 4 heterocycles. The highest BCUT2D eigenvalue weighted by molar-refractivity contribution is 5.66. The molecule has 40 heavy (non-hydrogen) atoms. The zero-order chi connectivity index (χ0) is 27.9. The number of alkyl halides is 4. The smallest absolute Gasteiger partial charge is 0.314 e. The van der Waals surface area contributed by atoms with Gasteiger partial charge in [-0.3, -0.25) is 9.88 Å². The van der Waals surface area contributed by atoms with E-state index in [0.717, 1.165) is 0 Å². The minimum Gasteiger partial charge on any atom is -0.415 e. The number of halogens is 5. The molecule has 1 aromatic carbocycles. The summed E-state index contributed by atoms with van der Waals surface area (Å²) in [5.41, 5.74) is 2.15. The van der Waals surface area contributed by atoms with Gasteiger partial charge in [0.05, 0.1) is 29.7 Å². The summed E-state index contributed by atoms with van der Waals surface area (Å²) in [6.45, 7) is 3.48. The highest BCUT2D eigenvalue weighted by atomic mass is 19.3. The highest BCUT2D eigenvalue weighted by Crippen LogP contribution is 2.42. The Labute approximate surface area is 225 Å². The molecule has 0 radical (unpaired) electrons. The monoisotopic (exact) mass is 560 g/mol. The van der Waals surface area contributed by atoms with Gasteiger partial charge >= 0.3 is 6.43 Å². The number of anilines is 1. The molecule has 6 rings (SSSR count). The molecule has 1 aliphatic heterocycles. The Balaban J connectivity index is 1.08. The van der Waals surface area contributed by atoms with Crippen molar-refractivity contribution in [3.8, 4) is 22.7 Å². The summed E-state index contributed by atoms with van der Waals surface area (Å²) in [7, 11) is 0. The number of rotatable bonds is 8. The van der Waals surface area contributed by atoms with Crippen LogP contribution in [-0.2, 0) is 6.54 Å². The lowest BCUT2D eigenvalue weighted by atomic mass is 9.81. The molecule has 4 aromatic rings. The summed E-state index contributed by atoms with van der Waals surface area (Å²) in [4.78, 5) is 8.43. The Bertz CT molecular complexity index is 1460. The van der Waals surface area contributed by atoms with Crippen LogP contribution in [0.4, 0.5) is 27.6 Å². The lowest BCUT2D eigenvalue weighted by Gasteiger charge is -2.42. The number of pyridine rings is 1. The molecule has 0 amide bonds. The van der Waals surface area contributed by atoms with Gasteiger partial charge in [-0.1, -0.05) is 11.3 Å². The van der Waals surface area contributed by atoms with Crippen molar-refractivity contribution < 1.29 is 26.4 Å². The Kier molecular flexibility index (Phi) is 6.94. The second kappa shape index (κ2) is 10.6. The summed E-state index contributed by atoms with van der Waals surface area (Å²) in [5, 5.41) is 15.1. The summed E-state index contributed by atoms with van der Waals surface area (Å²) in [6.07, 6.45) is 0.109. The predicted molar refractivity (Wildman–Crippen MR) is 133 cm³/mol. The van der Waals surface area contributed by atoms with Crippen molar-refractivity contribution in [1.29, 1.82) is 0 Å². The van der Waals surface area contributed by atoms with Gasteiger partial charge in [0, 0.05) is 57.3 Å². The van der Waals surface area contributed by atoms with Gasteiger partial charge < -0.3 is 9.32 Å². The van der Waals surface area contributed by atoms with Crippen molar-refractivity contribution in [2.75, 3.05) is 37.6 Å². The van der Waals surface area contributed by atoms with Gasteiger partial charge in [0.25, 0.3) is 5.89 Å². The molecule has 14 heteroatoms. The number of hydrogen-bond acceptors (Lipinski definition) is 8. The summed E-state index contributed by atoms with van der Waals surface area (Å²) in [5.74, 6) is -3.70. The Morgan fingerprint density at radius 2 is 1.80 bits per heavy atom. The van der Waals surface area contributed by atoms with Crippen LogP contribution in [0.2, 0.25) is 0 Å². The van der Waals surface area contributed by atoms with Crippen LogP contribution in [0.5, 0.6) is 0 Å². The molecule has 1 aliphatic carbocycles. The van der Waals surface area contributed by atoms with Crippen molar-refractivity contribution in [2.45, 2.75) is 31.7 Å². The van der Waals surface area contributed by atoms with Gasteiger partial charge in [-0.15, -0.1) is 15.3 Å². The van der Waals surface area contributed by atoms with Crippen molar-refractivity contribution in [3.05, 3.63) is 60.1 Å². The third kappa shape index (κ3) is 5.53. The van der Waals surface area contributed by atoms with Gasteiger partial charge in [0.1, 0.15) is 5.69 Å². The van der Waals surface area contributed by atoms with E-state index in [1.807, 2.05) is 4.90 Å². The lowest BCUT2D eigenvalue weighted by molar-refractivity contribution is -0.116. The van der Waals surface area contributed by atoms with Gasteiger partial charge in [-0.25, -0.2) is 17.9 Å².